The largest absolute Gasteiger partial charge is 0.394 e. The minimum atomic E-state index is 0.101. The fourth-order valence-corrected chi connectivity index (χ4v) is 1.81. The Kier molecular flexibility index (Phi) is 5.01. The molecule has 0 aromatic heterocycles. The molecule has 1 rings (SSSR count). The van der Waals surface area contributed by atoms with E-state index < -0.39 is 0 Å². The van der Waals surface area contributed by atoms with E-state index in [-0.39, 0.29) is 12.5 Å². The van der Waals surface area contributed by atoms with Crippen LogP contribution in [0.25, 0.3) is 0 Å². The van der Waals surface area contributed by atoms with E-state index in [0.29, 0.717) is 12.5 Å². The van der Waals surface area contributed by atoms with Crippen LogP contribution in [-0.2, 0) is 9.53 Å². The van der Waals surface area contributed by atoms with Crippen LogP contribution in [0.4, 0.5) is 0 Å². The van der Waals surface area contributed by atoms with E-state index in [4.69, 9.17) is 9.84 Å². The Morgan fingerprint density at radius 3 is 2.54 bits per heavy atom. The lowest BCUT2D eigenvalue weighted by molar-refractivity contribution is -0.112. The molecule has 0 saturated heterocycles. The molecule has 0 atom stereocenters. The third-order valence-corrected chi connectivity index (χ3v) is 2.67. The first-order valence-corrected chi connectivity index (χ1v) is 5.00. The van der Waals surface area contributed by atoms with Crippen molar-refractivity contribution in [3.05, 3.63) is 0 Å². The van der Waals surface area contributed by atoms with Gasteiger partial charge in [0.15, 0.2) is 0 Å². The highest BCUT2D eigenvalue weighted by atomic mass is 16.5. The Morgan fingerprint density at radius 1 is 1.31 bits per heavy atom. The van der Waals surface area contributed by atoms with Crippen LogP contribution in [0.2, 0.25) is 0 Å². The summed E-state index contributed by atoms with van der Waals surface area (Å²) in [5.74, 6) is 0.886. The van der Waals surface area contributed by atoms with Gasteiger partial charge in [-0.05, 0) is 31.6 Å². The van der Waals surface area contributed by atoms with E-state index in [0.717, 1.165) is 38.6 Å². The normalized spacial score (nSPS) is 28.7. The van der Waals surface area contributed by atoms with E-state index in [1.807, 2.05) is 0 Å². The number of hydrogen-bond donors (Lipinski definition) is 1. The molecule has 0 radical (unpaired) electrons. The second kappa shape index (κ2) is 6.11. The molecule has 0 amide bonds. The van der Waals surface area contributed by atoms with Crippen LogP contribution < -0.4 is 0 Å². The summed E-state index contributed by atoms with van der Waals surface area (Å²) in [6.07, 6.45) is 5.28. The summed E-state index contributed by atoms with van der Waals surface area (Å²) in [6, 6.07) is 0. The van der Waals surface area contributed by atoms with E-state index in [2.05, 4.69) is 0 Å². The van der Waals surface area contributed by atoms with Crippen LogP contribution in [0.1, 0.15) is 25.7 Å². The van der Waals surface area contributed by atoms with E-state index in [9.17, 15) is 4.79 Å². The smallest absolute Gasteiger partial charge is 0.123 e. The number of carbonyl (C=O) groups is 1. The zero-order chi connectivity index (χ0) is 9.52. The fraction of sp³-hybridized carbons (Fsp3) is 0.900. The lowest BCUT2D eigenvalue weighted by Gasteiger charge is -2.24. The average molecular weight is 186 g/mol. The van der Waals surface area contributed by atoms with Crippen molar-refractivity contribution in [2.45, 2.75) is 25.7 Å². The van der Waals surface area contributed by atoms with Crippen molar-refractivity contribution in [2.75, 3.05) is 19.8 Å². The Hall–Kier alpha value is -0.410. The third-order valence-electron chi connectivity index (χ3n) is 2.67. The van der Waals surface area contributed by atoms with Gasteiger partial charge in [0.2, 0.25) is 0 Å². The second-order valence-electron chi connectivity index (χ2n) is 3.72. The van der Waals surface area contributed by atoms with E-state index >= 15 is 0 Å². The molecule has 0 unspecified atom stereocenters. The summed E-state index contributed by atoms with van der Waals surface area (Å²) in [5, 5.41) is 8.50. The summed E-state index contributed by atoms with van der Waals surface area (Å²) in [7, 11) is 0. The highest BCUT2D eigenvalue weighted by molar-refractivity contribution is 5.53. The Balaban J connectivity index is 2.07. The fourth-order valence-electron chi connectivity index (χ4n) is 1.81. The molecule has 1 fully saturated rings. The summed E-state index contributed by atoms with van der Waals surface area (Å²) < 4.78 is 5.25. The molecule has 1 N–H and O–H groups in total. The highest BCUT2D eigenvalue weighted by Gasteiger charge is 2.20. The molecule has 0 aliphatic heterocycles. The van der Waals surface area contributed by atoms with Gasteiger partial charge in [0.25, 0.3) is 0 Å². The number of rotatable bonds is 5. The molecule has 3 heteroatoms. The maximum atomic E-state index is 10.5. The molecule has 0 heterocycles. The lowest BCUT2D eigenvalue weighted by Crippen LogP contribution is -2.20. The molecule has 1 aliphatic rings. The van der Waals surface area contributed by atoms with Crippen LogP contribution in [0.15, 0.2) is 0 Å². The zero-order valence-electron chi connectivity index (χ0n) is 7.95. The number of hydrogen-bond acceptors (Lipinski definition) is 3. The third kappa shape index (κ3) is 3.87. The summed E-state index contributed by atoms with van der Waals surface area (Å²) in [4.78, 5) is 10.5. The number of carbonyl (C=O) groups excluding carboxylic acids is 1. The molecule has 13 heavy (non-hydrogen) atoms. The van der Waals surface area contributed by atoms with Gasteiger partial charge < -0.3 is 14.6 Å². The first kappa shape index (κ1) is 10.7. The van der Waals surface area contributed by atoms with Crippen LogP contribution >= 0.6 is 0 Å². The minimum Gasteiger partial charge on any atom is -0.394 e. The molecule has 0 bridgehead atoms. The number of aliphatic hydroxyl groups excluding tert-OH is 1. The van der Waals surface area contributed by atoms with E-state index in [1.165, 1.54) is 0 Å². The minimum absolute atomic E-state index is 0.101. The van der Waals surface area contributed by atoms with Gasteiger partial charge in [-0.25, -0.2) is 0 Å². The van der Waals surface area contributed by atoms with Crippen LogP contribution in [-0.4, -0.2) is 31.2 Å². The molecule has 0 aromatic rings. The number of aliphatic hydroxyl groups is 1. The van der Waals surface area contributed by atoms with Crippen LogP contribution in [0, 0.1) is 11.8 Å². The molecule has 76 valence electrons. The van der Waals surface area contributed by atoms with Gasteiger partial charge in [-0.1, -0.05) is 0 Å². The predicted molar refractivity (Wildman–Crippen MR) is 49.4 cm³/mol. The summed E-state index contributed by atoms with van der Waals surface area (Å²) in [6.45, 7) is 1.28. The van der Waals surface area contributed by atoms with Crippen molar-refractivity contribution in [3.63, 3.8) is 0 Å². The first-order chi connectivity index (χ1) is 6.36. The molecule has 0 aromatic carbocycles. The quantitative estimate of drug-likeness (QED) is 0.514. The maximum Gasteiger partial charge on any atom is 0.123 e. The Morgan fingerprint density at radius 2 is 2.00 bits per heavy atom. The van der Waals surface area contributed by atoms with Gasteiger partial charge >= 0.3 is 0 Å². The average Bonchev–Trinajstić information content (AvgIpc) is 2.19. The molecular formula is C10H18O3. The molecule has 1 saturated carbocycles. The second-order valence-corrected chi connectivity index (χ2v) is 3.72. The van der Waals surface area contributed by atoms with Gasteiger partial charge in [-0.2, -0.15) is 0 Å². The van der Waals surface area contributed by atoms with Crippen molar-refractivity contribution < 1.29 is 14.6 Å². The monoisotopic (exact) mass is 186 g/mol. The molecule has 1 aliphatic carbocycles. The van der Waals surface area contributed by atoms with Crippen molar-refractivity contribution in [3.8, 4) is 0 Å². The van der Waals surface area contributed by atoms with E-state index in [1.54, 1.807) is 0 Å². The van der Waals surface area contributed by atoms with Gasteiger partial charge in [0.1, 0.15) is 6.29 Å². The van der Waals surface area contributed by atoms with Crippen molar-refractivity contribution in [1.82, 2.24) is 0 Å². The van der Waals surface area contributed by atoms with Gasteiger partial charge in [0.05, 0.1) is 13.2 Å². The predicted octanol–water partition coefficient (Wildman–Crippen LogP) is 1.00. The number of ether oxygens (including phenoxy) is 1. The van der Waals surface area contributed by atoms with Crippen molar-refractivity contribution in [2.24, 2.45) is 11.8 Å². The van der Waals surface area contributed by atoms with Crippen molar-refractivity contribution >= 4 is 6.29 Å². The van der Waals surface area contributed by atoms with Gasteiger partial charge in [-0.3, -0.25) is 0 Å². The highest BCUT2D eigenvalue weighted by Crippen LogP contribution is 2.27. The SMILES string of the molecule is O=CC1CCC(COCCO)CC1. The number of aldehydes is 1. The van der Waals surface area contributed by atoms with Crippen LogP contribution in [0.5, 0.6) is 0 Å². The van der Waals surface area contributed by atoms with Gasteiger partial charge in [-0.15, -0.1) is 0 Å². The summed E-state index contributed by atoms with van der Waals surface area (Å²) in [5.41, 5.74) is 0. The van der Waals surface area contributed by atoms with Crippen LogP contribution in [0.3, 0.4) is 0 Å². The Labute approximate surface area is 79.1 Å². The van der Waals surface area contributed by atoms with Crippen molar-refractivity contribution in [1.29, 1.82) is 0 Å². The molecule has 3 nitrogen and oxygen atoms in total. The zero-order valence-corrected chi connectivity index (χ0v) is 7.95. The standard InChI is InChI=1S/C10H18O3/c11-5-6-13-8-10-3-1-9(7-12)2-4-10/h7,9-11H,1-6,8H2. The topological polar surface area (TPSA) is 46.5 Å². The molecular weight excluding hydrogens is 168 g/mol. The maximum absolute atomic E-state index is 10.5. The first-order valence-electron chi connectivity index (χ1n) is 5.00. The van der Waals surface area contributed by atoms with Gasteiger partial charge in [0, 0.05) is 12.5 Å². The Bertz CT molecular complexity index is 139. The molecule has 0 spiro atoms. The lowest BCUT2D eigenvalue weighted by atomic mass is 9.83. The summed E-state index contributed by atoms with van der Waals surface area (Å²) >= 11 is 0.